The molecule has 0 unspecified atom stereocenters. The number of anilines is 1. The van der Waals surface area contributed by atoms with E-state index < -0.39 is 0 Å². The Morgan fingerprint density at radius 3 is 2.51 bits per heavy atom. The number of aryl methyl sites for hydroxylation is 1. The first kappa shape index (κ1) is 22.5. The third-order valence-corrected chi connectivity index (χ3v) is 8.50. The molecule has 6 nitrogen and oxygen atoms in total. The van der Waals surface area contributed by atoms with Crippen LogP contribution in [-0.2, 0) is 11.2 Å². The smallest absolute Gasteiger partial charge is 0.231 e. The quantitative estimate of drug-likeness (QED) is 0.293. The number of carbonyl (C=O) groups excluding carboxylic acids is 1. The van der Waals surface area contributed by atoms with Gasteiger partial charge in [-0.15, -0.1) is 0 Å². The SMILES string of the molecule is CCc1ccc2oc(-c3cc(NC(=S)NC(=O)CC45CC6CC(CC(C6)C4)C5)ccc3O)nc2c1. The maximum atomic E-state index is 12.9. The van der Waals surface area contributed by atoms with Crippen LogP contribution < -0.4 is 10.6 Å². The van der Waals surface area contributed by atoms with Crippen molar-refractivity contribution in [3.8, 4) is 17.2 Å². The molecule has 4 aliphatic carbocycles. The summed E-state index contributed by atoms with van der Waals surface area (Å²) < 4.78 is 5.89. The van der Waals surface area contributed by atoms with Gasteiger partial charge < -0.3 is 20.2 Å². The molecule has 0 spiro atoms. The number of fused-ring (bicyclic) bond motifs is 1. The Hall–Kier alpha value is -2.93. The lowest BCUT2D eigenvalue weighted by molar-refractivity contribution is -0.127. The molecule has 1 amide bonds. The summed E-state index contributed by atoms with van der Waals surface area (Å²) in [5.74, 6) is 2.84. The molecule has 7 heteroatoms. The molecule has 0 radical (unpaired) electrons. The first-order chi connectivity index (χ1) is 16.9. The lowest BCUT2D eigenvalue weighted by atomic mass is 9.49. The van der Waals surface area contributed by atoms with E-state index in [1.165, 1.54) is 44.1 Å². The molecule has 3 aromatic rings. The standard InChI is InChI=1S/C28H31N3O3S/c1-2-16-3-6-24-22(10-16)30-26(34-24)21-11-20(4-5-23(21)32)29-27(35)31-25(33)15-28-12-17-7-18(13-28)9-19(8-17)14-28/h3-6,10-11,17-19,32H,2,7-9,12-15H2,1H3,(H2,29,31,33,35). The number of amides is 1. The van der Waals surface area contributed by atoms with E-state index in [9.17, 15) is 9.90 Å². The molecule has 0 atom stereocenters. The number of rotatable bonds is 5. The van der Waals surface area contributed by atoms with Crippen LogP contribution in [0.3, 0.4) is 0 Å². The molecule has 4 bridgehead atoms. The van der Waals surface area contributed by atoms with Crippen molar-refractivity contribution in [2.24, 2.45) is 23.2 Å². The van der Waals surface area contributed by atoms with E-state index in [0.717, 1.165) is 29.7 Å². The number of nitrogens with zero attached hydrogens (tertiary/aromatic N) is 1. The van der Waals surface area contributed by atoms with Crippen molar-refractivity contribution < 1.29 is 14.3 Å². The van der Waals surface area contributed by atoms with Crippen molar-refractivity contribution in [1.29, 1.82) is 0 Å². The zero-order valence-electron chi connectivity index (χ0n) is 20.0. The average molecular weight is 490 g/mol. The minimum Gasteiger partial charge on any atom is -0.507 e. The van der Waals surface area contributed by atoms with Crippen LogP contribution >= 0.6 is 12.2 Å². The molecule has 1 aromatic heterocycles. The molecule has 4 fully saturated rings. The summed E-state index contributed by atoms with van der Waals surface area (Å²) in [7, 11) is 0. The van der Waals surface area contributed by atoms with Gasteiger partial charge in [0.05, 0.1) is 5.56 Å². The monoisotopic (exact) mass is 489 g/mol. The van der Waals surface area contributed by atoms with E-state index in [1.54, 1.807) is 18.2 Å². The molecule has 3 N–H and O–H groups in total. The largest absolute Gasteiger partial charge is 0.507 e. The van der Waals surface area contributed by atoms with Gasteiger partial charge in [-0.25, -0.2) is 4.98 Å². The van der Waals surface area contributed by atoms with Gasteiger partial charge in [-0.3, -0.25) is 4.79 Å². The molecule has 1 heterocycles. The molecule has 0 saturated heterocycles. The predicted octanol–water partition coefficient (Wildman–Crippen LogP) is 6.18. The molecule has 0 aliphatic heterocycles. The summed E-state index contributed by atoms with van der Waals surface area (Å²) in [4.78, 5) is 17.5. The van der Waals surface area contributed by atoms with Crippen LogP contribution in [0.5, 0.6) is 5.75 Å². The fourth-order valence-electron chi connectivity index (χ4n) is 7.27. The van der Waals surface area contributed by atoms with E-state index in [2.05, 4.69) is 22.5 Å². The Balaban J connectivity index is 1.13. The van der Waals surface area contributed by atoms with E-state index in [4.69, 9.17) is 16.6 Å². The lowest BCUT2D eigenvalue weighted by Gasteiger charge is -2.56. The number of benzene rings is 2. The second kappa shape index (κ2) is 8.63. The number of hydrogen-bond donors (Lipinski definition) is 3. The van der Waals surface area contributed by atoms with Crippen LogP contribution in [0.1, 0.15) is 57.4 Å². The van der Waals surface area contributed by atoms with Crippen LogP contribution in [0, 0.1) is 23.2 Å². The summed E-state index contributed by atoms with van der Waals surface area (Å²) in [6, 6.07) is 10.9. The van der Waals surface area contributed by atoms with Gasteiger partial charge in [-0.05, 0) is 116 Å². The Morgan fingerprint density at radius 1 is 1.11 bits per heavy atom. The number of aromatic hydroxyl groups is 1. The van der Waals surface area contributed by atoms with Gasteiger partial charge >= 0.3 is 0 Å². The van der Waals surface area contributed by atoms with E-state index >= 15 is 0 Å². The van der Waals surface area contributed by atoms with Crippen molar-refractivity contribution in [2.45, 2.75) is 58.3 Å². The van der Waals surface area contributed by atoms with Gasteiger partial charge in [-0.1, -0.05) is 13.0 Å². The van der Waals surface area contributed by atoms with E-state index in [1.807, 2.05) is 18.2 Å². The van der Waals surface area contributed by atoms with Crippen LogP contribution in [-0.4, -0.2) is 21.1 Å². The number of nitrogens with one attached hydrogen (secondary N) is 2. The fraction of sp³-hybridized carbons (Fsp3) is 0.464. The van der Waals surface area contributed by atoms with Crippen LogP contribution in [0.15, 0.2) is 40.8 Å². The summed E-state index contributed by atoms with van der Waals surface area (Å²) in [6.07, 6.45) is 9.14. The highest BCUT2D eigenvalue weighted by Gasteiger charge is 2.51. The molecule has 7 rings (SSSR count). The van der Waals surface area contributed by atoms with Crippen LogP contribution in [0.2, 0.25) is 0 Å². The topological polar surface area (TPSA) is 87.4 Å². The van der Waals surface area contributed by atoms with Gasteiger partial charge in [0.25, 0.3) is 0 Å². The molecule has 2 aromatic carbocycles. The molecule has 182 valence electrons. The molecular formula is C28H31N3O3S. The van der Waals surface area contributed by atoms with Crippen molar-refractivity contribution in [1.82, 2.24) is 10.3 Å². The number of phenolic OH excluding ortho intramolecular Hbond substituents is 1. The fourth-order valence-corrected chi connectivity index (χ4v) is 7.51. The maximum Gasteiger partial charge on any atom is 0.231 e. The van der Waals surface area contributed by atoms with Gasteiger partial charge in [0.1, 0.15) is 11.3 Å². The Morgan fingerprint density at radius 2 is 1.83 bits per heavy atom. The van der Waals surface area contributed by atoms with Crippen molar-refractivity contribution in [3.05, 3.63) is 42.0 Å². The number of aromatic nitrogens is 1. The number of hydrogen-bond acceptors (Lipinski definition) is 5. The third-order valence-electron chi connectivity index (χ3n) is 8.30. The first-order valence-corrected chi connectivity index (χ1v) is 13.1. The second-order valence-electron chi connectivity index (χ2n) is 11.0. The zero-order chi connectivity index (χ0) is 24.2. The Bertz CT molecular complexity index is 1280. The Labute approximate surface area is 210 Å². The van der Waals surface area contributed by atoms with Crippen molar-refractivity contribution in [3.63, 3.8) is 0 Å². The number of thiocarbonyl (C=S) groups is 1. The normalized spacial score (nSPS) is 26.7. The highest BCUT2D eigenvalue weighted by atomic mass is 32.1. The van der Waals surface area contributed by atoms with Gasteiger partial charge in [0.2, 0.25) is 11.8 Å². The minimum absolute atomic E-state index is 0.00543. The summed E-state index contributed by atoms with van der Waals surface area (Å²) in [5.41, 5.74) is 3.88. The number of phenols is 1. The van der Waals surface area contributed by atoms with Crippen LogP contribution in [0.4, 0.5) is 5.69 Å². The summed E-state index contributed by atoms with van der Waals surface area (Å²) in [5, 5.41) is 16.7. The van der Waals surface area contributed by atoms with E-state index in [0.29, 0.717) is 29.1 Å². The lowest BCUT2D eigenvalue weighted by Crippen LogP contribution is -2.48. The van der Waals surface area contributed by atoms with Crippen LogP contribution in [0.25, 0.3) is 22.6 Å². The highest BCUT2D eigenvalue weighted by Crippen LogP contribution is 2.61. The predicted molar refractivity (Wildman–Crippen MR) is 140 cm³/mol. The van der Waals surface area contributed by atoms with Gasteiger partial charge in [0.15, 0.2) is 10.7 Å². The number of carbonyl (C=O) groups is 1. The number of oxazole rings is 1. The molecular weight excluding hydrogens is 458 g/mol. The second-order valence-corrected chi connectivity index (χ2v) is 11.4. The first-order valence-electron chi connectivity index (χ1n) is 12.7. The molecule has 4 aliphatic rings. The highest BCUT2D eigenvalue weighted by molar-refractivity contribution is 7.80. The minimum atomic E-state index is -0.00543. The van der Waals surface area contributed by atoms with Gasteiger partial charge in [0, 0.05) is 12.1 Å². The summed E-state index contributed by atoms with van der Waals surface area (Å²) >= 11 is 5.45. The third kappa shape index (κ3) is 4.42. The zero-order valence-corrected chi connectivity index (χ0v) is 20.8. The van der Waals surface area contributed by atoms with Crippen molar-refractivity contribution >= 4 is 40.0 Å². The maximum absolute atomic E-state index is 12.9. The van der Waals surface area contributed by atoms with Crippen molar-refractivity contribution in [2.75, 3.05) is 5.32 Å². The molecule has 35 heavy (non-hydrogen) atoms. The van der Waals surface area contributed by atoms with Gasteiger partial charge in [-0.2, -0.15) is 0 Å². The summed E-state index contributed by atoms with van der Waals surface area (Å²) in [6.45, 7) is 2.09. The average Bonchev–Trinajstić information content (AvgIpc) is 3.22. The molecule has 4 saturated carbocycles. The van der Waals surface area contributed by atoms with E-state index in [-0.39, 0.29) is 22.2 Å². The Kier molecular flexibility index (Phi) is 5.55.